The molecule has 0 unspecified atom stereocenters. The minimum absolute atomic E-state index is 0.423. The largest absolute Gasteiger partial charge is 0.478 e. The predicted molar refractivity (Wildman–Crippen MR) is 63.0 cm³/mol. The van der Waals surface area contributed by atoms with Gasteiger partial charge in [0.15, 0.2) is 0 Å². The summed E-state index contributed by atoms with van der Waals surface area (Å²) in [7, 11) is 0. The number of aryl methyl sites for hydroxylation is 1. The van der Waals surface area contributed by atoms with E-state index in [4.69, 9.17) is 9.47 Å². The molecular weight excluding hydrogens is 204 g/mol. The monoisotopic (exact) mass is 224 g/mol. The Morgan fingerprint density at radius 1 is 1.00 bits per heavy atom. The van der Waals surface area contributed by atoms with E-state index in [9.17, 15) is 0 Å². The van der Waals surface area contributed by atoms with Gasteiger partial charge >= 0.3 is 6.01 Å². The number of rotatable bonds is 7. The van der Waals surface area contributed by atoms with Crippen molar-refractivity contribution in [2.75, 3.05) is 13.2 Å². The summed E-state index contributed by atoms with van der Waals surface area (Å²) < 4.78 is 10.9. The maximum atomic E-state index is 5.49. The van der Waals surface area contributed by atoms with Gasteiger partial charge in [-0.25, -0.2) is 4.98 Å². The molecule has 0 radical (unpaired) electrons. The molecule has 0 aromatic carbocycles. The maximum Gasteiger partial charge on any atom is 0.319 e. The standard InChI is InChI=1S/C12H20N2O2/c1-4-7-15-11-9-10(6-3)13-12(14-11)16-8-5-2/h9H,4-8H2,1-3H3. The van der Waals surface area contributed by atoms with Crippen molar-refractivity contribution in [3.05, 3.63) is 11.8 Å². The van der Waals surface area contributed by atoms with Gasteiger partial charge in [-0.05, 0) is 19.3 Å². The second-order valence-electron chi connectivity index (χ2n) is 3.53. The summed E-state index contributed by atoms with van der Waals surface area (Å²) >= 11 is 0. The fourth-order valence-electron chi connectivity index (χ4n) is 1.17. The SMILES string of the molecule is CCCOc1cc(CC)nc(OCCC)n1. The van der Waals surface area contributed by atoms with E-state index in [1.807, 2.05) is 6.07 Å². The lowest BCUT2D eigenvalue weighted by Gasteiger charge is -2.08. The number of aromatic nitrogens is 2. The van der Waals surface area contributed by atoms with Gasteiger partial charge in [-0.1, -0.05) is 20.8 Å². The van der Waals surface area contributed by atoms with Crippen LogP contribution in [0.15, 0.2) is 6.07 Å². The molecule has 4 heteroatoms. The molecule has 0 atom stereocenters. The quantitative estimate of drug-likeness (QED) is 0.714. The molecule has 0 aliphatic carbocycles. The Labute approximate surface area is 97.0 Å². The zero-order valence-electron chi connectivity index (χ0n) is 10.3. The average molecular weight is 224 g/mol. The molecule has 1 heterocycles. The van der Waals surface area contributed by atoms with E-state index in [1.54, 1.807) is 0 Å². The van der Waals surface area contributed by atoms with Crippen LogP contribution < -0.4 is 9.47 Å². The van der Waals surface area contributed by atoms with E-state index in [0.717, 1.165) is 25.0 Å². The van der Waals surface area contributed by atoms with Crippen LogP contribution in [0, 0.1) is 0 Å². The summed E-state index contributed by atoms with van der Waals surface area (Å²) in [6.45, 7) is 7.48. The number of hydrogen-bond acceptors (Lipinski definition) is 4. The minimum Gasteiger partial charge on any atom is -0.478 e. The fraction of sp³-hybridized carbons (Fsp3) is 0.667. The summed E-state index contributed by atoms with van der Waals surface area (Å²) in [6, 6.07) is 2.29. The molecule has 90 valence electrons. The highest BCUT2D eigenvalue weighted by molar-refractivity contribution is 5.18. The molecule has 0 bridgehead atoms. The van der Waals surface area contributed by atoms with Crippen LogP contribution >= 0.6 is 0 Å². The summed E-state index contributed by atoms with van der Waals surface area (Å²) in [5.41, 5.74) is 0.951. The second-order valence-corrected chi connectivity index (χ2v) is 3.53. The second kappa shape index (κ2) is 7.04. The lowest BCUT2D eigenvalue weighted by Crippen LogP contribution is -2.05. The van der Waals surface area contributed by atoms with Crippen LogP contribution in [0.2, 0.25) is 0 Å². The van der Waals surface area contributed by atoms with Crippen molar-refractivity contribution in [2.24, 2.45) is 0 Å². The molecule has 0 spiro atoms. The first-order valence-electron chi connectivity index (χ1n) is 5.93. The smallest absolute Gasteiger partial charge is 0.319 e. The molecule has 0 aliphatic heterocycles. The minimum atomic E-state index is 0.423. The fourth-order valence-corrected chi connectivity index (χ4v) is 1.17. The first-order valence-corrected chi connectivity index (χ1v) is 5.93. The van der Waals surface area contributed by atoms with Crippen molar-refractivity contribution in [3.63, 3.8) is 0 Å². The van der Waals surface area contributed by atoms with Crippen molar-refractivity contribution in [1.82, 2.24) is 9.97 Å². The lowest BCUT2D eigenvalue weighted by atomic mass is 10.3. The first kappa shape index (κ1) is 12.7. The van der Waals surface area contributed by atoms with E-state index in [-0.39, 0.29) is 0 Å². The van der Waals surface area contributed by atoms with Gasteiger partial charge in [0, 0.05) is 6.07 Å². The van der Waals surface area contributed by atoms with Crippen molar-refractivity contribution >= 4 is 0 Å². The summed E-state index contributed by atoms with van der Waals surface area (Å²) in [5.74, 6) is 0.611. The third-order valence-electron chi connectivity index (χ3n) is 1.99. The Kier molecular flexibility index (Phi) is 5.61. The van der Waals surface area contributed by atoms with Crippen molar-refractivity contribution in [1.29, 1.82) is 0 Å². The molecule has 0 aliphatic rings. The number of hydrogen-bond donors (Lipinski definition) is 0. The van der Waals surface area contributed by atoms with Crippen LogP contribution in [0.3, 0.4) is 0 Å². The van der Waals surface area contributed by atoms with Gasteiger partial charge in [0.25, 0.3) is 0 Å². The van der Waals surface area contributed by atoms with Gasteiger partial charge in [-0.3, -0.25) is 0 Å². The van der Waals surface area contributed by atoms with E-state index >= 15 is 0 Å². The molecule has 0 saturated heterocycles. The van der Waals surface area contributed by atoms with E-state index in [2.05, 4.69) is 30.7 Å². The topological polar surface area (TPSA) is 44.2 Å². The molecule has 1 aromatic rings. The molecular formula is C12H20N2O2. The van der Waals surface area contributed by atoms with Crippen LogP contribution in [-0.2, 0) is 6.42 Å². The summed E-state index contributed by atoms with van der Waals surface area (Å²) in [5, 5.41) is 0. The number of ether oxygens (including phenoxy) is 2. The first-order chi connectivity index (χ1) is 7.80. The molecule has 1 aromatic heterocycles. The Bertz CT molecular complexity index is 290. The molecule has 0 saturated carbocycles. The lowest BCUT2D eigenvalue weighted by molar-refractivity contribution is 0.269. The van der Waals surface area contributed by atoms with E-state index < -0.39 is 0 Å². The third kappa shape index (κ3) is 4.04. The van der Waals surface area contributed by atoms with Gasteiger partial charge in [0.1, 0.15) is 0 Å². The average Bonchev–Trinajstić information content (AvgIpc) is 2.33. The van der Waals surface area contributed by atoms with Gasteiger partial charge < -0.3 is 9.47 Å². The number of nitrogens with zero attached hydrogens (tertiary/aromatic N) is 2. The highest BCUT2D eigenvalue weighted by Gasteiger charge is 2.05. The van der Waals surface area contributed by atoms with Crippen LogP contribution in [-0.4, -0.2) is 23.2 Å². The highest BCUT2D eigenvalue weighted by atomic mass is 16.5. The van der Waals surface area contributed by atoms with Crippen molar-refractivity contribution in [3.8, 4) is 11.9 Å². The van der Waals surface area contributed by atoms with E-state index in [1.165, 1.54) is 0 Å². The molecule has 0 amide bonds. The van der Waals surface area contributed by atoms with Gasteiger partial charge in [-0.2, -0.15) is 4.98 Å². The molecule has 1 rings (SSSR count). The van der Waals surface area contributed by atoms with Gasteiger partial charge in [-0.15, -0.1) is 0 Å². The normalized spacial score (nSPS) is 10.2. The van der Waals surface area contributed by atoms with Crippen LogP contribution in [0.1, 0.15) is 39.3 Å². The summed E-state index contributed by atoms with van der Waals surface area (Å²) in [4.78, 5) is 8.48. The Balaban J connectivity index is 2.74. The van der Waals surface area contributed by atoms with Crippen molar-refractivity contribution < 1.29 is 9.47 Å². The Morgan fingerprint density at radius 3 is 2.31 bits per heavy atom. The zero-order valence-corrected chi connectivity index (χ0v) is 10.3. The zero-order chi connectivity index (χ0) is 11.8. The third-order valence-corrected chi connectivity index (χ3v) is 1.99. The van der Waals surface area contributed by atoms with Crippen molar-refractivity contribution in [2.45, 2.75) is 40.0 Å². The van der Waals surface area contributed by atoms with Crippen LogP contribution in [0.4, 0.5) is 0 Å². The summed E-state index contributed by atoms with van der Waals surface area (Å²) in [6.07, 6.45) is 2.77. The maximum absolute atomic E-state index is 5.49. The van der Waals surface area contributed by atoms with Crippen LogP contribution in [0.5, 0.6) is 11.9 Å². The predicted octanol–water partition coefficient (Wildman–Crippen LogP) is 2.62. The Morgan fingerprint density at radius 2 is 1.69 bits per heavy atom. The molecule has 4 nitrogen and oxygen atoms in total. The highest BCUT2D eigenvalue weighted by Crippen LogP contribution is 2.14. The Hall–Kier alpha value is -1.32. The van der Waals surface area contributed by atoms with E-state index in [0.29, 0.717) is 25.1 Å². The van der Waals surface area contributed by atoms with Gasteiger partial charge in [0.05, 0.1) is 18.9 Å². The molecule has 16 heavy (non-hydrogen) atoms. The molecule has 0 N–H and O–H groups in total. The van der Waals surface area contributed by atoms with Crippen LogP contribution in [0.25, 0.3) is 0 Å². The molecule has 0 fully saturated rings. The van der Waals surface area contributed by atoms with Gasteiger partial charge in [0.2, 0.25) is 5.88 Å².